The van der Waals surface area contributed by atoms with Crippen LogP contribution in [0.2, 0.25) is 0 Å². The lowest BCUT2D eigenvalue weighted by atomic mass is 9.88. The molecule has 0 fully saturated rings. The van der Waals surface area contributed by atoms with Gasteiger partial charge in [0, 0.05) is 17.6 Å². The first-order chi connectivity index (χ1) is 13.4. The number of aliphatic hydroxyl groups is 1. The Labute approximate surface area is 179 Å². The molecule has 29 heavy (non-hydrogen) atoms. The first-order valence-electron chi connectivity index (χ1n) is 10.4. The number of hydrogen-bond donors (Lipinski definition) is 3. The number of nitrogens with zero attached hydrogens (tertiary/aromatic N) is 2. The van der Waals surface area contributed by atoms with Crippen LogP contribution in [0.4, 0.5) is 5.13 Å². The second kappa shape index (κ2) is 11.6. The summed E-state index contributed by atoms with van der Waals surface area (Å²) in [5.41, 5.74) is -0.594. The lowest BCUT2D eigenvalue weighted by Gasteiger charge is -2.26. The van der Waals surface area contributed by atoms with Crippen molar-refractivity contribution >= 4 is 28.3 Å². The largest absolute Gasteiger partial charge is 0.383 e. The van der Waals surface area contributed by atoms with E-state index in [0.717, 1.165) is 30.8 Å². The fraction of sp³-hybridized carbons (Fsp3) is 0.762. The molecule has 2 atom stereocenters. The van der Waals surface area contributed by atoms with Crippen molar-refractivity contribution in [2.45, 2.75) is 79.5 Å². The normalized spacial score (nSPS) is 14.1. The monoisotopic (exact) mass is 426 g/mol. The zero-order valence-corrected chi connectivity index (χ0v) is 19.7. The number of carbonyl (C=O) groups is 2. The summed E-state index contributed by atoms with van der Waals surface area (Å²) in [6.07, 6.45) is 2.96. The highest BCUT2D eigenvalue weighted by molar-refractivity contribution is 7.15. The van der Waals surface area contributed by atoms with E-state index in [2.05, 4.69) is 41.4 Å². The van der Waals surface area contributed by atoms with Crippen LogP contribution >= 0.6 is 11.3 Å². The Morgan fingerprint density at radius 1 is 1.24 bits per heavy atom. The minimum Gasteiger partial charge on any atom is -0.383 e. The van der Waals surface area contributed by atoms with Crippen molar-refractivity contribution in [2.75, 3.05) is 18.9 Å². The molecule has 1 aromatic rings. The Kier molecular flexibility index (Phi) is 10.2. The molecule has 0 saturated heterocycles. The molecule has 0 bridgehead atoms. The van der Waals surface area contributed by atoms with E-state index in [-0.39, 0.29) is 5.91 Å². The van der Waals surface area contributed by atoms with Gasteiger partial charge in [0.15, 0.2) is 5.13 Å². The molecule has 1 heterocycles. The van der Waals surface area contributed by atoms with E-state index in [4.69, 9.17) is 0 Å². The van der Waals surface area contributed by atoms with Crippen LogP contribution in [0.1, 0.15) is 65.7 Å². The van der Waals surface area contributed by atoms with Crippen LogP contribution in [0.5, 0.6) is 0 Å². The predicted molar refractivity (Wildman–Crippen MR) is 119 cm³/mol. The topological polar surface area (TPSA) is 94.6 Å². The molecule has 7 nitrogen and oxygen atoms in total. The molecule has 0 aliphatic rings. The zero-order valence-electron chi connectivity index (χ0n) is 18.9. The van der Waals surface area contributed by atoms with Crippen molar-refractivity contribution in [3.63, 3.8) is 0 Å². The molecule has 8 heteroatoms. The van der Waals surface area contributed by atoms with Crippen LogP contribution in [-0.4, -0.2) is 52.5 Å². The molecule has 0 saturated carbocycles. The molecule has 0 aromatic carbocycles. The first kappa shape index (κ1) is 25.5. The Bertz CT molecular complexity index is 655. The minimum atomic E-state index is -1.18. The molecule has 0 unspecified atom stereocenters. The van der Waals surface area contributed by atoms with Crippen LogP contribution in [0.15, 0.2) is 6.20 Å². The molecule has 0 aliphatic heterocycles. The molecular weight excluding hydrogens is 388 g/mol. The SMILES string of the molecule is CCC[C@H](NC(=O)[C@@H](O)C(C)(C)C)C(=O)Nc1ncc(CN(C)CCC(C)C)s1. The summed E-state index contributed by atoms with van der Waals surface area (Å²) in [7, 11) is 2.08. The van der Waals surface area contributed by atoms with Crippen LogP contribution in [0.25, 0.3) is 0 Å². The molecule has 0 spiro atoms. The second-order valence-electron chi connectivity index (χ2n) is 9.16. The zero-order chi connectivity index (χ0) is 22.2. The summed E-state index contributed by atoms with van der Waals surface area (Å²) in [6, 6.07) is -0.703. The number of aliphatic hydroxyl groups excluding tert-OH is 1. The van der Waals surface area contributed by atoms with E-state index in [1.807, 2.05) is 6.92 Å². The molecule has 0 radical (unpaired) electrons. The number of aromatic nitrogens is 1. The third-order valence-corrected chi connectivity index (χ3v) is 5.47. The van der Waals surface area contributed by atoms with Crippen molar-refractivity contribution in [1.29, 1.82) is 0 Å². The molecular formula is C21H38N4O3S. The van der Waals surface area contributed by atoms with Crippen molar-refractivity contribution in [1.82, 2.24) is 15.2 Å². The van der Waals surface area contributed by atoms with Gasteiger partial charge >= 0.3 is 0 Å². The van der Waals surface area contributed by atoms with Crippen LogP contribution in [-0.2, 0) is 16.1 Å². The summed E-state index contributed by atoms with van der Waals surface area (Å²) in [5, 5.41) is 16.2. The maximum absolute atomic E-state index is 12.7. The maximum Gasteiger partial charge on any atom is 0.250 e. The quantitative estimate of drug-likeness (QED) is 0.505. The van der Waals surface area contributed by atoms with E-state index in [1.165, 1.54) is 11.3 Å². The number of carbonyl (C=O) groups excluding carboxylic acids is 2. The summed E-state index contributed by atoms with van der Waals surface area (Å²) in [6.45, 7) is 13.5. The lowest BCUT2D eigenvalue weighted by molar-refractivity contribution is -0.137. The molecule has 2 amide bonds. The summed E-state index contributed by atoms with van der Waals surface area (Å²) in [4.78, 5) is 32.6. The summed E-state index contributed by atoms with van der Waals surface area (Å²) < 4.78 is 0. The smallest absolute Gasteiger partial charge is 0.250 e. The standard InChI is InChI=1S/C21H38N4O3S/c1-8-9-16(23-19(28)17(26)21(4,5)6)18(27)24-20-22-12-15(29-20)13-25(7)11-10-14(2)3/h12,14,16-17,26H,8-11,13H2,1-7H3,(H,23,28)(H,22,24,27)/t16-,17+/m0/s1. The van der Waals surface area contributed by atoms with Crippen LogP contribution < -0.4 is 10.6 Å². The Balaban J connectivity index is 2.67. The highest BCUT2D eigenvalue weighted by Crippen LogP contribution is 2.21. The van der Waals surface area contributed by atoms with Crippen LogP contribution in [0, 0.1) is 11.3 Å². The van der Waals surface area contributed by atoms with E-state index < -0.39 is 23.5 Å². The van der Waals surface area contributed by atoms with Gasteiger partial charge < -0.3 is 20.6 Å². The average Bonchev–Trinajstić information content (AvgIpc) is 3.04. The van der Waals surface area contributed by atoms with Gasteiger partial charge in [-0.3, -0.25) is 9.59 Å². The van der Waals surface area contributed by atoms with E-state index >= 15 is 0 Å². The van der Waals surface area contributed by atoms with Gasteiger partial charge in [-0.25, -0.2) is 4.98 Å². The highest BCUT2D eigenvalue weighted by atomic mass is 32.1. The van der Waals surface area contributed by atoms with Gasteiger partial charge in [0.25, 0.3) is 0 Å². The van der Waals surface area contributed by atoms with Gasteiger partial charge in [-0.1, -0.05) is 48.0 Å². The minimum absolute atomic E-state index is 0.310. The lowest BCUT2D eigenvalue weighted by Crippen LogP contribution is -2.50. The van der Waals surface area contributed by atoms with Crippen molar-refractivity contribution in [3.05, 3.63) is 11.1 Å². The third kappa shape index (κ3) is 9.23. The number of hydrogen-bond acceptors (Lipinski definition) is 6. The molecule has 166 valence electrons. The fourth-order valence-corrected chi connectivity index (χ4v) is 3.55. The molecule has 3 N–H and O–H groups in total. The fourth-order valence-electron chi connectivity index (χ4n) is 2.66. The average molecular weight is 427 g/mol. The number of amides is 2. The van der Waals surface area contributed by atoms with Crippen LogP contribution in [0.3, 0.4) is 0 Å². The van der Waals surface area contributed by atoms with Crippen molar-refractivity contribution < 1.29 is 14.7 Å². The van der Waals surface area contributed by atoms with Gasteiger partial charge in [-0.2, -0.15) is 0 Å². The molecule has 1 rings (SSSR count). The van der Waals surface area contributed by atoms with E-state index in [0.29, 0.717) is 17.5 Å². The predicted octanol–water partition coefficient (Wildman–Crippen LogP) is 3.25. The number of anilines is 1. The Hall–Kier alpha value is -1.51. The first-order valence-corrected chi connectivity index (χ1v) is 11.2. The summed E-state index contributed by atoms with van der Waals surface area (Å²) in [5.74, 6) is -0.177. The van der Waals surface area contributed by atoms with Gasteiger partial charge in [0.2, 0.25) is 11.8 Å². The van der Waals surface area contributed by atoms with Gasteiger partial charge in [0.1, 0.15) is 12.1 Å². The Morgan fingerprint density at radius 3 is 2.45 bits per heavy atom. The van der Waals surface area contributed by atoms with Crippen molar-refractivity contribution in [3.8, 4) is 0 Å². The van der Waals surface area contributed by atoms with Gasteiger partial charge in [0.05, 0.1) is 0 Å². The number of rotatable bonds is 11. The van der Waals surface area contributed by atoms with E-state index in [9.17, 15) is 14.7 Å². The molecule has 0 aliphatic carbocycles. The number of thiazole rings is 1. The second-order valence-corrected chi connectivity index (χ2v) is 10.3. The summed E-state index contributed by atoms with van der Waals surface area (Å²) >= 11 is 1.44. The van der Waals surface area contributed by atoms with Crippen molar-refractivity contribution in [2.24, 2.45) is 11.3 Å². The molecule has 1 aromatic heterocycles. The highest BCUT2D eigenvalue weighted by Gasteiger charge is 2.31. The number of nitrogens with one attached hydrogen (secondary N) is 2. The van der Waals surface area contributed by atoms with Gasteiger partial charge in [-0.05, 0) is 37.8 Å². The Morgan fingerprint density at radius 2 is 1.90 bits per heavy atom. The maximum atomic E-state index is 12.7. The van der Waals surface area contributed by atoms with Gasteiger partial charge in [-0.15, -0.1) is 11.3 Å². The third-order valence-electron chi connectivity index (χ3n) is 4.58. The van der Waals surface area contributed by atoms with E-state index in [1.54, 1.807) is 27.0 Å².